The van der Waals surface area contributed by atoms with Gasteiger partial charge in [0.05, 0.1) is 0 Å². The molecular weight excluding hydrogens is 320 g/mol. The second kappa shape index (κ2) is 5.74. The van der Waals surface area contributed by atoms with Gasteiger partial charge in [0.2, 0.25) is 5.91 Å². The van der Waals surface area contributed by atoms with Gasteiger partial charge in [0.25, 0.3) is 0 Å². The smallest absolute Gasteiger partial charge is 0.242 e. The van der Waals surface area contributed by atoms with Gasteiger partial charge < -0.3 is 10.1 Å². The zero-order valence-corrected chi connectivity index (χ0v) is 13.9. The highest BCUT2D eigenvalue weighted by Gasteiger charge is 2.30. The Kier molecular flexibility index (Phi) is 4.39. The number of ether oxygens (including phenoxy) is 1. The van der Waals surface area contributed by atoms with Crippen molar-refractivity contribution in [3.63, 3.8) is 0 Å². The van der Waals surface area contributed by atoms with Crippen LogP contribution in [0.1, 0.15) is 39.3 Å². The van der Waals surface area contributed by atoms with Gasteiger partial charge in [-0.2, -0.15) is 0 Å². The lowest BCUT2D eigenvalue weighted by atomic mass is 10.0. The van der Waals surface area contributed by atoms with Crippen LogP contribution in [0.15, 0.2) is 22.7 Å². The minimum absolute atomic E-state index is 0.0331. The van der Waals surface area contributed by atoms with Crippen molar-refractivity contribution in [2.24, 2.45) is 0 Å². The van der Waals surface area contributed by atoms with E-state index in [1.165, 1.54) is 0 Å². The molecule has 1 aromatic carbocycles. The Labute approximate surface area is 128 Å². The zero-order valence-electron chi connectivity index (χ0n) is 12.3. The van der Waals surface area contributed by atoms with Crippen molar-refractivity contribution in [2.75, 3.05) is 6.61 Å². The van der Waals surface area contributed by atoms with Crippen molar-refractivity contribution < 1.29 is 9.53 Å². The van der Waals surface area contributed by atoms with E-state index in [0.29, 0.717) is 6.61 Å². The first-order chi connectivity index (χ1) is 9.26. The first-order valence-electron chi connectivity index (χ1n) is 6.76. The number of rotatable bonds is 1. The molecule has 0 aromatic heterocycles. The van der Waals surface area contributed by atoms with Crippen molar-refractivity contribution in [1.82, 2.24) is 10.6 Å². The van der Waals surface area contributed by atoms with Crippen LogP contribution < -0.4 is 15.4 Å². The molecule has 0 saturated carbocycles. The van der Waals surface area contributed by atoms with E-state index in [1.807, 2.05) is 45.9 Å². The standard InChI is InChI=1S/C15H21BrN2O2/c1-9-8-20-12-6-5-10(16)7-11(12)13(17-9)14(19)18-15(2,3)4/h5-7,9,13,17H,8H2,1-4H3,(H,18,19). The largest absolute Gasteiger partial charge is 0.492 e. The van der Waals surface area contributed by atoms with Gasteiger partial charge in [-0.1, -0.05) is 15.9 Å². The van der Waals surface area contributed by atoms with Gasteiger partial charge in [-0.3, -0.25) is 10.1 Å². The summed E-state index contributed by atoms with van der Waals surface area (Å²) in [4.78, 5) is 12.5. The quantitative estimate of drug-likeness (QED) is 0.826. The Morgan fingerprint density at radius 3 is 2.80 bits per heavy atom. The molecule has 110 valence electrons. The van der Waals surface area contributed by atoms with E-state index < -0.39 is 6.04 Å². The Morgan fingerprint density at radius 2 is 2.15 bits per heavy atom. The van der Waals surface area contributed by atoms with Crippen LogP contribution in [0.3, 0.4) is 0 Å². The van der Waals surface area contributed by atoms with Gasteiger partial charge in [0.1, 0.15) is 18.4 Å². The average molecular weight is 341 g/mol. The summed E-state index contributed by atoms with van der Waals surface area (Å²) in [5, 5.41) is 6.35. The summed E-state index contributed by atoms with van der Waals surface area (Å²) in [5.74, 6) is 0.730. The van der Waals surface area contributed by atoms with Crippen LogP contribution in [-0.4, -0.2) is 24.1 Å². The molecule has 1 aliphatic rings. The molecule has 0 bridgehead atoms. The van der Waals surface area contributed by atoms with E-state index in [9.17, 15) is 4.79 Å². The monoisotopic (exact) mass is 340 g/mol. The molecule has 2 rings (SSSR count). The molecule has 5 heteroatoms. The molecule has 0 spiro atoms. The number of nitrogens with one attached hydrogen (secondary N) is 2. The summed E-state index contributed by atoms with van der Waals surface area (Å²) in [5.41, 5.74) is 0.604. The summed E-state index contributed by atoms with van der Waals surface area (Å²) in [6.07, 6.45) is 0. The van der Waals surface area contributed by atoms with Crippen LogP contribution in [0.25, 0.3) is 0 Å². The molecule has 1 aromatic rings. The van der Waals surface area contributed by atoms with E-state index in [0.717, 1.165) is 15.8 Å². The van der Waals surface area contributed by atoms with Gasteiger partial charge >= 0.3 is 0 Å². The molecule has 0 aliphatic carbocycles. The fourth-order valence-electron chi connectivity index (χ4n) is 2.17. The Morgan fingerprint density at radius 1 is 1.45 bits per heavy atom. The summed E-state index contributed by atoms with van der Waals surface area (Å²) in [6, 6.07) is 5.47. The third-order valence-corrected chi connectivity index (χ3v) is 3.48. The number of carbonyl (C=O) groups is 1. The van der Waals surface area contributed by atoms with Gasteiger partial charge in [0, 0.05) is 21.6 Å². The predicted molar refractivity (Wildman–Crippen MR) is 82.9 cm³/mol. The lowest BCUT2D eigenvalue weighted by molar-refractivity contribution is -0.124. The molecule has 4 nitrogen and oxygen atoms in total. The van der Waals surface area contributed by atoms with E-state index in [4.69, 9.17) is 4.74 Å². The number of fused-ring (bicyclic) bond motifs is 1. The maximum Gasteiger partial charge on any atom is 0.242 e. The molecule has 0 fully saturated rings. The first kappa shape index (κ1) is 15.3. The minimum atomic E-state index is -0.403. The van der Waals surface area contributed by atoms with Crippen molar-refractivity contribution >= 4 is 21.8 Å². The van der Waals surface area contributed by atoms with Gasteiger partial charge in [-0.05, 0) is 45.9 Å². The third kappa shape index (κ3) is 3.73. The SMILES string of the molecule is CC1COc2ccc(Br)cc2C(C(=O)NC(C)(C)C)N1. The maximum absolute atomic E-state index is 12.5. The van der Waals surface area contributed by atoms with E-state index in [2.05, 4.69) is 26.6 Å². The summed E-state index contributed by atoms with van der Waals surface area (Å²) >= 11 is 3.45. The van der Waals surface area contributed by atoms with Crippen molar-refractivity contribution in [3.8, 4) is 5.75 Å². The average Bonchev–Trinajstić information content (AvgIpc) is 2.47. The molecule has 2 unspecified atom stereocenters. The lowest BCUT2D eigenvalue weighted by Gasteiger charge is -2.26. The summed E-state index contributed by atoms with van der Waals surface area (Å²) in [6.45, 7) is 8.49. The highest BCUT2D eigenvalue weighted by molar-refractivity contribution is 9.10. The molecule has 20 heavy (non-hydrogen) atoms. The van der Waals surface area contributed by atoms with E-state index >= 15 is 0 Å². The van der Waals surface area contributed by atoms with E-state index in [1.54, 1.807) is 0 Å². The van der Waals surface area contributed by atoms with Crippen LogP contribution in [0.4, 0.5) is 0 Å². The highest BCUT2D eigenvalue weighted by Crippen LogP contribution is 2.31. The molecule has 1 amide bonds. The number of amides is 1. The number of halogens is 1. The molecule has 1 aliphatic heterocycles. The fourth-order valence-corrected chi connectivity index (χ4v) is 2.55. The van der Waals surface area contributed by atoms with Crippen molar-refractivity contribution in [1.29, 1.82) is 0 Å². The lowest BCUT2D eigenvalue weighted by Crippen LogP contribution is -2.48. The van der Waals surface area contributed by atoms with Crippen LogP contribution in [-0.2, 0) is 4.79 Å². The minimum Gasteiger partial charge on any atom is -0.492 e. The molecule has 0 saturated heterocycles. The Bertz CT molecular complexity index is 511. The van der Waals surface area contributed by atoms with Crippen LogP contribution in [0.5, 0.6) is 5.75 Å². The Hall–Kier alpha value is -1.07. The third-order valence-electron chi connectivity index (χ3n) is 2.98. The van der Waals surface area contributed by atoms with E-state index in [-0.39, 0.29) is 17.5 Å². The van der Waals surface area contributed by atoms with Crippen LogP contribution in [0.2, 0.25) is 0 Å². The zero-order chi connectivity index (χ0) is 14.9. The fraction of sp³-hybridized carbons (Fsp3) is 0.533. The molecule has 0 radical (unpaired) electrons. The first-order valence-corrected chi connectivity index (χ1v) is 7.56. The highest BCUT2D eigenvalue weighted by atomic mass is 79.9. The van der Waals surface area contributed by atoms with Crippen molar-refractivity contribution in [2.45, 2.75) is 45.3 Å². The number of carbonyl (C=O) groups excluding carboxylic acids is 1. The molecule has 2 atom stereocenters. The van der Waals surface area contributed by atoms with Crippen molar-refractivity contribution in [3.05, 3.63) is 28.2 Å². The summed E-state index contributed by atoms with van der Waals surface area (Å²) in [7, 11) is 0. The molecule has 2 N–H and O–H groups in total. The predicted octanol–water partition coefficient (Wildman–Crippen LogP) is 2.78. The van der Waals surface area contributed by atoms with Gasteiger partial charge in [-0.25, -0.2) is 0 Å². The summed E-state index contributed by atoms with van der Waals surface area (Å²) < 4.78 is 6.70. The van der Waals surface area contributed by atoms with Gasteiger partial charge in [0.15, 0.2) is 0 Å². The number of hydrogen-bond donors (Lipinski definition) is 2. The normalized spacial score (nSPS) is 22.4. The van der Waals surface area contributed by atoms with Gasteiger partial charge in [-0.15, -0.1) is 0 Å². The number of hydrogen-bond acceptors (Lipinski definition) is 3. The molecule has 1 heterocycles. The number of benzene rings is 1. The maximum atomic E-state index is 12.5. The topological polar surface area (TPSA) is 50.4 Å². The molecular formula is C15H21BrN2O2. The second-order valence-electron chi connectivity index (χ2n) is 6.23. The second-order valence-corrected chi connectivity index (χ2v) is 7.15. The van der Waals surface area contributed by atoms with Crippen LogP contribution in [0, 0.1) is 0 Å². The Balaban J connectivity index is 2.35. The van der Waals surface area contributed by atoms with Crippen LogP contribution >= 0.6 is 15.9 Å².